The van der Waals surface area contributed by atoms with Gasteiger partial charge in [-0.1, -0.05) is 11.6 Å². The molecule has 2 bridgehead atoms. The van der Waals surface area contributed by atoms with E-state index >= 15 is 0 Å². The smallest absolute Gasteiger partial charge is 0.394 e. The lowest BCUT2D eigenvalue weighted by Gasteiger charge is -2.73. The normalized spacial score (nSPS) is 26.4. The number of methoxy groups -OCH3 is 1. The quantitative estimate of drug-likeness (QED) is 0.335. The van der Waals surface area contributed by atoms with Gasteiger partial charge >= 0.3 is 6.18 Å². The highest BCUT2D eigenvalue weighted by molar-refractivity contribution is 6.30. The first kappa shape index (κ1) is 26.0. The van der Waals surface area contributed by atoms with E-state index < -0.39 is 28.8 Å². The van der Waals surface area contributed by atoms with Gasteiger partial charge in [-0.3, -0.25) is 9.47 Å². The van der Waals surface area contributed by atoms with Crippen LogP contribution in [0.2, 0.25) is 5.02 Å². The van der Waals surface area contributed by atoms with Gasteiger partial charge in [-0.15, -0.1) is 10.2 Å². The number of hydrogen-bond acceptors (Lipinski definition) is 5. The third kappa shape index (κ3) is 3.76. The van der Waals surface area contributed by atoms with Crippen molar-refractivity contribution in [3.05, 3.63) is 64.2 Å². The minimum atomic E-state index is -4.17. The van der Waals surface area contributed by atoms with Crippen LogP contribution in [-0.2, 0) is 13.1 Å². The topological polar surface area (TPSA) is 46.4 Å². The molecule has 3 aromatic rings. The van der Waals surface area contributed by atoms with Gasteiger partial charge in [-0.25, -0.2) is 8.78 Å². The van der Waals surface area contributed by atoms with Crippen LogP contribution in [0.3, 0.4) is 0 Å². The second-order valence-corrected chi connectivity index (χ2v) is 12.1. The van der Waals surface area contributed by atoms with Gasteiger partial charge < -0.3 is 9.64 Å². The highest BCUT2D eigenvalue weighted by atomic mass is 35.5. The molecule has 3 saturated carbocycles. The number of halogens is 6. The van der Waals surface area contributed by atoms with Crippen LogP contribution < -0.4 is 9.64 Å². The van der Waals surface area contributed by atoms with E-state index in [4.69, 9.17) is 16.3 Å². The second-order valence-electron chi connectivity index (χ2n) is 11.7. The van der Waals surface area contributed by atoms with E-state index in [9.17, 15) is 22.0 Å². The lowest BCUT2D eigenvalue weighted by atomic mass is 9.38. The molecule has 212 valence electrons. The van der Waals surface area contributed by atoms with E-state index in [1.54, 1.807) is 6.07 Å². The summed E-state index contributed by atoms with van der Waals surface area (Å²) in [6.45, 7) is 1.94. The minimum absolute atomic E-state index is 0.00834. The van der Waals surface area contributed by atoms with Gasteiger partial charge in [0, 0.05) is 48.2 Å². The summed E-state index contributed by atoms with van der Waals surface area (Å²) < 4.78 is 76.4. The number of nitrogens with zero attached hydrogens (tertiary/aromatic N) is 5. The van der Waals surface area contributed by atoms with Crippen LogP contribution in [0.15, 0.2) is 30.3 Å². The summed E-state index contributed by atoms with van der Waals surface area (Å²) in [5.74, 6) is 0.109. The van der Waals surface area contributed by atoms with Crippen LogP contribution in [0.4, 0.5) is 27.6 Å². The monoisotopic (exact) mass is 579 g/mol. The zero-order chi connectivity index (χ0) is 28.0. The molecule has 12 heteroatoms. The fraction of sp³-hybridized carbons (Fsp3) is 0.500. The Balaban J connectivity index is 1.16. The van der Waals surface area contributed by atoms with Gasteiger partial charge in [0.05, 0.1) is 30.4 Å². The SMILES string of the molecule is COc1cc(N2CCC(c3nnc4n3-c3ccc(Cl)cc3CN(C35CC(C(F)(F)F)(C3)C5)C4)CC2)c(F)cc1F. The molecule has 6 nitrogen and oxygen atoms in total. The first-order chi connectivity index (χ1) is 19.0. The summed E-state index contributed by atoms with van der Waals surface area (Å²) in [4.78, 5) is 4.00. The number of alkyl halides is 3. The van der Waals surface area contributed by atoms with E-state index in [-0.39, 0.29) is 30.9 Å². The van der Waals surface area contributed by atoms with Gasteiger partial charge in [-0.2, -0.15) is 13.2 Å². The number of fused-ring (bicyclic) bond motifs is 3. The number of anilines is 1. The molecule has 1 aromatic heterocycles. The summed E-state index contributed by atoms with van der Waals surface area (Å²) in [6.07, 6.45) is -2.49. The van der Waals surface area contributed by atoms with Crippen molar-refractivity contribution in [1.82, 2.24) is 19.7 Å². The van der Waals surface area contributed by atoms with Crippen LogP contribution in [0.1, 0.15) is 55.2 Å². The van der Waals surface area contributed by atoms with Gasteiger partial charge in [0.25, 0.3) is 0 Å². The molecular formula is C28H27ClF5N5O. The number of hydrogen-bond donors (Lipinski definition) is 0. The maximum absolute atomic E-state index is 14.6. The summed E-state index contributed by atoms with van der Waals surface area (Å²) in [5.41, 5.74) is 0.0774. The van der Waals surface area contributed by atoms with Crippen molar-refractivity contribution in [3.8, 4) is 11.4 Å². The Bertz CT molecular complexity index is 1480. The van der Waals surface area contributed by atoms with Crippen molar-refractivity contribution < 1.29 is 26.7 Å². The van der Waals surface area contributed by atoms with Gasteiger partial charge in [-0.05, 0) is 55.9 Å². The molecule has 3 heterocycles. The van der Waals surface area contributed by atoms with E-state index in [0.29, 0.717) is 55.6 Å². The molecule has 2 aliphatic heterocycles. The maximum Gasteiger partial charge on any atom is 0.394 e. The molecule has 2 aromatic carbocycles. The Hall–Kier alpha value is -2.92. The molecule has 0 radical (unpaired) electrons. The molecule has 0 spiro atoms. The zero-order valence-corrected chi connectivity index (χ0v) is 22.5. The van der Waals surface area contributed by atoms with Gasteiger partial charge in [0.1, 0.15) is 11.6 Å². The third-order valence-electron chi connectivity index (χ3n) is 9.43. The number of ether oxygens (including phenoxy) is 1. The number of rotatable bonds is 4. The van der Waals surface area contributed by atoms with Crippen molar-refractivity contribution in [2.24, 2.45) is 5.41 Å². The lowest BCUT2D eigenvalue weighted by Crippen LogP contribution is -2.78. The molecule has 1 saturated heterocycles. The Morgan fingerprint density at radius 3 is 2.35 bits per heavy atom. The van der Waals surface area contributed by atoms with Crippen LogP contribution in [0, 0.1) is 17.0 Å². The Morgan fingerprint density at radius 2 is 1.68 bits per heavy atom. The average molecular weight is 580 g/mol. The zero-order valence-electron chi connectivity index (χ0n) is 21.7. The van der Waals surface area contributed by atoms with Crippen molar-refractivity contribution in [3.63, 3.8) is 0 Å². The number of piperidine rings is 1. The van der Waals surface area contributed by atoms with E-state index in [1.807, 2.05) is 21.6 Å². The molecule has 0 atom stereocenters. The standard InChI is InChI=1S/C28H27ClF5N5O/c1-40-23-10-22(19(30)9-20(23)31)37-6-4-16(5-7-37)25-36-35-24-12-38(27-13-26(14-27,15-27)28(32,33)34)11-17-8-18(29)2-3-21(17)39(24)25/h2-3,8-10,16H,4-7,11-15H2,1H3. The van der Waals surface area contributed by atoms with Crippen molar-refractivity contribution in [2.75, 3.05) is 25.1 Å². The summed E-state index contributed by atoms with van der Waals surface area (Å²) in [6, 6.07) is 7.83. The predicted octanol–water partition coefficient (Wildman–Crippen LogP) is 6.39. The first-order valence-electron chi connectivity index (χ1n) is 13.4. The van der Waals surface area contributed by atoms with Crippen molar-refractivity contribution in [1.29, 1.82) is 0 Å². The van der Waals surface area contributed by atoms with Crippen LogP contribution in [0.25, 0.3) is 5.69 Å². The largest absolute Gasteiger partial charge is 0.494 e. The maximum atomic E-state index is 14.6. The highest BCUT2D eigenvalue weighted by Gasteiger charge is 2.79. The Kier molecular flexibility index (Phi) is 5.71. The predicted molar refractivity (Wildman–Crippen MR) is 138 cm³/mol. The van der Waals surface area contributed by atoms with E-state index in [0.717, 1.165) is 23.1 Å². The van der Waals surface area contributed by atoms with E-state index in [2.05, 4.69) is 15.1 Å². The van der Waals surface area contributed by atoms with Crippen LogP contribution in [-0.4, -0.2) is 51.6 Å². The molecule has 8 rings (SSSR count). The number of aromatic nitrogens is 3. The molecule has 0 N–H and O–H groups in total. The summed E-state index contributed by atoms with van der Waals surface area (Å²) in [5, 5.41) is 9.66. The molecule has 0 amide bonds. The first-order valence-corrected chi connectivity index (χ1v) is 13.7. The second kappa shape index (κ2) is 8.79. The summed E-state index contributed by atoms with van der Waals surface area (Å²) >= 11 is 6.36. The summed E-state index contributed by atoms with van der Waals surface area (Å²) in [7, 11) is 1.34. The fourth-order valence-corrected chi connectivity index (χ4v) is 7.49. The van der Waals surface area contributed by atoms with E-state index in [1.165, 1.54) is 13.2 Å². The number of benzene rings is 2. The Morgan fingerprint density at radius 1 is 0.950 bits per heavy atom. The van der Waals surface area contributed by atoms with Crippen LogP contribution in [0.5, 0.6) is 5.75 Å². The molecule has 4 fully saturated rings. The molecule has 5 aliphatic rings. The van der Waals surface area contributed by atoms with Crippen LogP contribution >= 0.6 is 11.6 Å². The van der Waals surface area contributed by atoms with Crippen molar-refractivity contribution in [2.45, 2.75) is 62.8 Å². The van der Waals surface area contributed by atoms with Gasteiger partial charge in [0.2, 0.25) is 0 Å². The molecule has 3 aliphatic carbocycles. The lowest BCUT2D eigenvalue weighted by molar-refractivity contribution is -0.364. The molecule has 0 unspecified atom stereocenters. The minimum Gasteiger partial charge on any atom is -0.494 e. The fourth-order valence-electron chi connectivity index (χ4n) is 7.29. The molecular weight excluding hydrogens is 553 g/mol. The molecule has 40 heavy (non-hydrogen) atoms. The third-order valence-corrected chi connectivity index (χ3v) is 9.66. The Labute approximate surface area is 232 Å². The average Bonchev–Trinajstić information content (AvgIpc) is 3.18. The highest BCUT2D eigenvalue weighted by Crippen LogP contribution is 2.75. The van der Waals surface area contributed by atoms with Gasteiger partial charge in [0.15, 0.2) is 17.4 Å². The van der Waals surface area contributed by atoms with Crippen molar-refractivity contribution >= 4 is 17.3 Å².